The highest BCUT2D eigenvalue weighted by molar-refractivity contribution is 7.99. The molecule has 0 saturated carbocycles. The zero-order chi connectivity index (χ0) is 24.9. The minimum absolute atomic E-state index is 0.0570. The van der Waals surface area contributed by atoms with Crippen molar-refractivity contribution >= 4 is 47.0 Å². The van der Waals surface area contributed by atoms with Crippen molar-refractivity contribution < 1.29 is 19.1 Å². The van der Waals surface area contributed by atoms with E-state index >= 15 is 0 Å². The Morgan fingerprint density at radius 1 is 1.12 bits per heavy atom. The molecule has 0 bridgehead atoms. The number of likely N-dealkylation sites (tertiary alicyclic amines) is 1. The van der Waals surface area contributed by atoms with Crippen molar-refractivity contribution in [2.24, 2.45) is 11.3 Å². The van der Waals surface area contributed by atoms with E-state index in [1.807, 2.05) is 25.7 Å². The Morgan fingerprint density at radius 3 is 2.47 bits per heavy atom. The summed E-state index contributed by atoms with van der Waals surface area (Å²) in [6, 6.07) is 1.71. The zero-order valence-corrected chi connectivity index (χ0v) is 22.0. The zero-order valence-electron chi connectivity index (χ0n) is 20.4. The van der Waals surface area contributed by atoms with Crippen LogP contribution < -0.4 is 4.90 Å². The van der Waals surface area contributed by atoms with Crippen LogP contribution in [0.25, 0.3) is 0 Å². The van der Waals surface area contributed by atoms with E-state index in [1.165, 1.54) is 11.8 Å². The predicted molar refractivity (Wildman–Crippen MR) is 132 cm³/mol. The lowest BCUT2D eigenvalue weighted by Crippen LogP contribution is -2.51. The molecule has 0 aromatic carbocycles. The third-order valence-electron chi connectivity index (χ3n) is 5.91. The van der Waals surface area contributed by atoms with Crippen molar-refractivity contribution in [3.05, 3.63) is 11.2 Å². The van der Waals surface area contributed by atoms with Crippen LogP contribution in [0, 0.1) is 11.3 Å². The lowest BCUT2D eigenvalue weighted by molar-refractivity contribution is -0.151. The maximum Gasteiger partial charge on any atom is 0.310 e. The van der Waals surface area contributed by atoms with Gasteiger partial charge in [-0.15, -0.1) is 0 Å². The number of aromatic nitrogens is 2. The van der Waals surface area contributed by atoms with Crippen LogP contribution in [0.2, 0.25) is 5.15 Å². The standard InChI is InChI=1S/C23H34ClN5O4S/c1-5-33-20(31)16-7-6-8-29(14-16)19(30)15-34-22-25-17(24)13-18(26-22)27-9-11-28(12-10-27)21(32)23(2,3)4/h13,16H,5-12,14-15H2,1-4H3. The molecule has 1 aromatic heterocycles. The molecule has 1 atom stereocenters. The Morgan fingerprint density at radius 2 is 1.82 bits per heavy atom. The fraction of sp³-hybridized carbons (Fsp3) is 0.696. The van der Waals surface area contributed by atoms with Crippen molar-refractivity contribution in [2.45, 2.75) is 45.7 Å². The largest absolute Gasteiger partial charge is 0.466 e. The highest BCUT2D eigenvalue weighted by Crippen LogP contribution is 2.25. The summed E-state index contributed by atoms with van der Waals surface area (Å²) >= 11 is 7.49. The first-order valence-electron chi connectivity index (χ1n) is 11.7. The third-order valence-corrected chi connectivity index (χ3v) is 6.94. The molecule has 2 aliphatic rings. The molecule has 11 heteroatoms. The number of ether oxygens (including phenoxy) is 1. The molecule has 2 amide bonds. The van der Waals surface area contributed by atoms with Crippen molar-refractivity contribution in [1.29, 1.82) is 0 Å². The lowest BCUT2D eigenvalue weighted by Gasteiger charge is -2.38. The van der Waals surface area contributed by atoms with E-state index in [0.717, 1.165) is 12.8 Å². The number of halogens is 1. The number of nitrogens with zero attached hydrogens (tertiary/aromatic N) is 5. The Kier molecular flexibility index (Phi) is 9.03. The molecule has 9 nitrogen and oxygen atoms in total. The van der Waals surface area contributed by atoms with E-state index in [1.54, 1.807) is 17.9 Å². The first-order chi connectivity index (χ1) is 16.1. The quantitative estimate of drug-likeness (QED) is 0.249. The second-order valence-electron chi connectivity index (χ2n) is 9.58. The van der Waals surface area contributed by atoms with E-state index < -0.39 is 5.41 Å². The number of rotatable bonds is 6. The van der Waals surface area contributed by atoms with Crippen LogP contribution >= 0.6 is 23.4 Å². The van der Waals surface area contributed by atoms with Gasteiger partial charge in [-0.2, -0.15) is 0 Å². The van der Waals surface area contributed by atoms with Crippen molar-refractivity contribution in [2.75, 3.05) is 56.5 Å². The highest BCUT2D eigenvalue weighted by Gasteiger charge is 2.31. The van der Waals surface area contributed by atoms with Crippen LogP contribution in [-0.2, 0) is 19.1 Å². The maximum atomic E-state index is 12.8. The summed E-state index contributed by atoms with van der Waals surface area (Å²) in [5, 5.41) is 0.747. The number of carbonyl (C=O) groups is 3. The van der Waals surface area contributed by atoms with E-state index in [-0.39, 0.29) is 29.5 Å². The number of amides is 2. The summed E-state index contributed by atoms with van der Waals surface area (Å²) in [6.07, 6.45) is 1.52. The van der Waals surface area contributed by atoms with E-state index in [9.17, 15) is 14.4 Å². The second-order valence-corrected chi connectivity index (χ2v) is 10.9. The molecule has 3 heterocycles. The number of piperidine rings is 1. The molecule has 2 aliphatic heterocycles. The fourth-order valence-corrected chi connectivity index (χ4v) is 5.08. The molecule has 188 valence electrons. The molecule has 0 spiro atoms. The summed E-state index contributed by atoms with van der Waals surface area (Å²) < 4.78 is 5.12. The van der Waals surface area contributed by atoms with Crippen LogP contribution in [0.1, 0.15) is 40.5 Å². The van der Waals surface area contributed by atoms with Gasteiger partial charge < -0.3 is 19.4 Å². The van der Waals surface area contributed by atoms with Gasteiger partial charge in [0.15, 0.2) is 5.16 Å². The van der Waals surface area contributed by atoms with Crippen LogP contribution in [0.5, 0.6) is 0 Å². The van der Waals surface area contributed by atoms with Crippen molar-refractivity contribution in [3.8, 4) is 0 Å². The van der Waals surface area contributed by atoms with Gasteiger partial charge in [-0.1, -0.05) is 44.1 Å². The summed E-state index contributed by atoms with van der Waals surface area (Å²) in [5.41, 5.74) is -0.401. The van der Waals surface area contributed by atoms with E-state index in [4.69, 9.17) is 16.3 Å². The van der Waals surface area contributed by atoms with Crippen LogP contribution in [0.15, 0.2) is 11.2 Å². The molecular formula is C23H34ClN5O4S. The Bertz CT molecular complexity index is 902. The number of anilines is 1. The lowest BCUT2D eigenvalue weighted by atomic mass is 9.94. The Hall–Kier alpha value is -2.07. The van der Waals surface area contributed by atoms with Gasteiger partial charge in [0.1, 0.15) is 11.0 Å². The van der Waals surface area contributed by atoms with E-state index in [0.29, 0.717) is 62.0 Å². The molecule has 0 radical (unpaired) electrons. The second kappa shape index (κ2) is 11.6. The molecule has 3 rings (SSSR count). The summed E-state index contributed by atoms with van der Waals surface area (Å²) in [7, 11) is 0. The van der Waals surface area contributed by atoms with Crippen molar-refractivity contribution in [3.63, 3.8) is 0 Å². The number of esters is 1. The van der Waals surface area contributed by atoms with Gasteiger partial charge in [-0.05, 0) is 19.8 Å². The molecule has 2 saturated heterocycles. The number of carbonyl (C=O) groups excluding carboxylic acids is 3. The van der Waals surface area contributed by atoms with Gasteiger partial charge in [-0.25, -0.2) is 9.97 Å². The fourth-order valence-electron chi connectivity index (χ4n) is 4.10. The Labute approximate surface area is 210 Å². The number of thioether (sulfide) groups is 1. The highest BCUT2D eigenvalue weighted by atomic mass is 35.5. The monoisotopic (exact) mass is 511 g/mol. The minimum atomic E-state index is -0.401. The van der Waals surface area contributed by atoms with Gasteiger partial charge in [0.25, 0.3) is 0 Å². The summed E-state index contributed by atoms with van der Waals surface area (Å²) in [5.74, 6) is 0.450. The van der Waals surface area contributed by atoms with Gasteiger partial charge in [0.05, 0.1) is 18.3 Å². The molecule has 0 N–H and O–H groups in total. The number of piperazine rings is 1. The first kappa shape index (κ1) is 26.5. The molecule has 2 fully saturated rings. The van der Waals surface area contributed by atoms with E-state index in [2.05, 4.69) is 14.9 Å². The average molecular weight is 512 g/mol. The summed E-state index contributed by atoms with van der Waals surface area (Å²) in [6.45, 7) is 11.5. The van der Waals surface area contributed by atoms with Crippen molar-refractivity contribution in [1.82, 2.24) is 19.8 Å². The van der Waals surface area contributed by atoms with Gasteiger partial charge in [0, 0.05) is 50.7 Å². The first-order valence-corrected chi connectivity index (χ1v) is 13.1. The topological polar surface area (TPSA) is 95.9 Å². The maximum absolute atomic E-state index is 12.8. The molecule has 1 unspecified atom stereocenters. The summed E-state index contributed by atoms with van der Waals surface area (Å²) in [4.78, 5) is 51.9. The van der Waals surface area contributed by atoms with Gasteiger partial charge in [-0.3, -0.25) is 14.4 Å². The minimum Gasteiger partial charge on any atom is -0.466 e. The smallest absolute Gasteiger partial charge is 0.310 e. The number of hydrogen-bond donors (Lipinski definition) is 0. The normalized spacial score (nSPS) is 19.2. The number of hydrogen-bond acceptors (Lipinski definition) is 8. The van der Waals surface area contributed by atoms with Gasteiger partial charge in [0.2, 0.25) is 11.8 Å². The van der Waals surface area contributed by atoms with Crippen LogP contribution in [0.4, 0.5) is 5.82 Å². The molecule has 34 heavy (non-hydrogen) atoms. The van der Waals surface area contributed by atoms with Crippen LogP contribution in [-0.4, -0.2) is 89.2 Å². The SMILES string of the molecule is CCOC(=O)C1CCCN(C(=O)CSc2nc(Cl)cc(N3CCN(C(=O)C(C)(C)C)CC3)n2)C1. The molecule has 0 aliphatic carbocycles. The van der Waals surface area contributed by atoms with Crippen LogP contribution in [0.3, 0.4) is 0 Å². The average Bonchev–Trinajstić information content (AvgIpc) is 2.81. The Balaban J connectivity index is 1.56. The molecular weight excluding hydrogens is 478 g/mol. The molecule has 1 aromatic rings. The third kappa shape index (κ3) is 6.97. The van der Waals surface area contributed by atoms with Gasteiger partial charge >= 0.3 is 5.97 Å². The predicted octanol–water partition coefficient (Wildman–Crippen LogP) is 2.72.